The Labute approximate surface area is 167 Å². The largest absolute Gasteiger partial charge is 0.430 e. The molecule has 3 aromatic carbocycles. The van der Waals surface area contributed by atoms with Gasteiger partial charge in [-0.25, -0.2) is 0 Å². The van der Waals surface area contributed by atoms with E-state index in [2.05, 4.69) is 0 Å². The minimum absolute atomic E-state index is 0.428. The Bertz CT molecular complexity index is 934. The molecule has 152 valence electrons. The molecule has 0 saturated heterocycles. The molecule has 1 nitrogen and oxygen atoms in total. The first-order valence-electron chi connectivity index (χ1n) is 8.32. The summed E-state index contributed by atoms with van der Waals surface area (Å²) in [6.45, 7) is 0. The van der Waals surface area contributed by atoms with Gasteiger partial charge in [0.1, 0.15) is 0 Å². The van der Waals surface area contributed by atoms with E-state index >= 15 is 0 Å². The van der Waals surface area contributed by atoms with Gasteiger partial charge in [0.25, 0.3) is 5.60 Å². The number of alkyl halides is 6. The molecule has 3 rings (SSSR count). The van der Waals surface area contributed by atoms with E-state index in [-0.39, 0.29) is 0 Å². The maximum atomic E-state index is 13.0. The zero-order chi connectivity index (χ0) is 21.3. The van der Waals surface area contributed by atoms with Crippen molar-refractivity contribution < 1.29 is 31.4 Å². The Morgan fingerprint density at radius 3 is 1.41 bits per heavy atom. The van der Waals surface area contributed by atoms with Crippen molar-refractivity contribution in [2.45, 2.75) is 27.7 Å². The minimum atomic E-state index is -5.90. The van der Waals surface area contributed by atoms with Gasteiger partial charge < -0.3 is 5.11 Å². The molecular weight excluding hydrogens is 414 g/mol. The predicted molar refractivity (Wildman–Crippen MR) is 98.4 cm³/mol. The van der Waals surface area contributed by atoms with Crippen LogP contribution in [0.3, 0.4) is 0 Å². The first kappa shape index (κ1) is 21.3. The van der Waals surface area contributed by atoms with Crippen LogP contribution in [-0.2, 0) is 5.60 Å². The molecule has 3 aromatic rings. The van der Waals surface area contributed by atoms with Gasteiger partial charge in [0.15, 0.2) is 0 Å². The van der Waals surface area contributed by atoms with E-state index < -0.39 is 23.5 Å². The quantitative estimate of drug-likeness (QED) is 0.461. The van der Waals surface area contributed by atoms with Crippen LogP contribution in [0.1, 0.15) is 5.56 Å². The zero-order valence-corrected chi connectivity index (χ0v) is 15.4. The monoisotopic (exact) mass is 428 g/mol. The second-order valence-corrected chi connectivity index (χ2v) is 7.37. The van der Waals surface area contributed by atoms with Crippen LogP contribution >= 0.6 is 11.8 Å². The van der Waals surface area contributed by atoms with Crippen molar-refractivity contribution in [1.29, 1.82) is 0 Å². The highest BCUT2D eigenvalue weighted by Crippen LogP contribution is 2.50. The van der Waals surface area contributed by atoms with E-state index in [0.29, 0.717) is 23.3 Å². The lowest BCUT2D eigenvalue weighted by Crippen LogP contribution is -2.53. The third-order valence-electron chi connectivity index (χ3n) is 4.29. The van der Waals surface area contributed by atoms with Crippen LogP contribution in [0.25, 0.3) is 11.1 Å². The van der Waals surface area contributed by atoms with Gasteiger partial charge >= 0.3 is 12.4 Å². The number of rotatable bonds is 4. The molecule has 0 heterocycles. The van der Waals surface area contributed by atoms with Gasteiger partial charge in [-0.2, -0.15) is 26.3 Å². The summed E-state index contributed by atoms with van der Waals surface area (Å²) in [4.78, 5) is 1.96. The molecule has 0 aliphatic carbocycles. The van der Waals surface area contributed by atoms with Crippen LogP contribution in [0.4, 0.5) is 26.3 Å². The van der Waals surface area contributed by atoms with Crippen molar-refractivity contribution >= 4 is 11.8 Å². The number of benzene rings is 3. The first-order chi connectivity index (χ1) is 13.5. The number of hydrogen-bond acceptors (Lipinski definition) is 2. The van der Waals surface area contributed by atoms with Crippen LogP contribution in [0.5, 0.6) is 0 Å². The van der Waals surface area contributed by atoms with Crippen molar-refractivity contribution in [3.8, 4) is 11.1 Å². The Balaban J connectivity index is 1.85. The summed E-state index contributed by atoms with van der Waals surface area (Å²) < 4.78 is 77.8. The average molecular weight is 428 g/mol. The first-order valence-corrected chi connectivity index (χ1v) is 9.14. The lowest BCUT2D eigenvalue weighted by Gasteiger charge is -2.32. The molecule has 0 unspecified atom stereocenters. The predicted octanol–water partition coefficient (Wildman–Crippen LogP) is 6.82. The van der Waals surface area contributed by atoms with Crippen LogP contribution < -0.4 is 0 Å². The van der Waals surface area contributed by atoms with Gasteiger partial charge in [-0.1, -0.05) is 66.4 Å². The number of halogens is 6. The topological polar surface area (TPSA) is 20.2 Å². The maximum Gasteiger partial charge on any atom is 0.430 e. The highest BCUT2D eigenvalue weighted by atomic mass is 32.2. The Kier molecular flexibility index (Phi) is 5.69. The van der Waals surface area contributed by atoms with Gasteiger partial charge in [0.2, 0.25) is 0 Å². The van der Waals surface area contributed by atoms with Crippen LogP contribution in [0.2, 0.25) is 0 Å². The smallest absolute Gasteiger partial charge is 0.369 e. The normalized spacial score (nSPS) is 12.8. The van der Waals surface area contributed by atoms with Crippen molar-refractivity contribution in [2.24, 2.45) is 0 Å². The van der Waals surface area contributed by atoms with Gasteiger partial charge in [-0.05, 0) is 35.4 Å². The number of hydrogen-bond donors (Lipinski definition) is 1. The maximum absolute atomic E-state index is 13.0. The molecule has 0 bridgehead atoms. The lowest BCUT2D eigenvalue weighted by molar-refractivity contribution is -0.376. The highest BCUT2D eigenvalue weighted by molar-refractivity contribution is 7.99. The van der Waals surface area contributed by atoms with E-state index in [4.69, 9.17) is 0 Å². The van der Waals surface area contributed by atoms with Crippen molar-refractivity contribution in [1.82, 2.24) is 0 Å². The molecule has 0 amide bonds. The third kappa shape index (κ3) is 4.28. The molecule has 8 heteroatoms. The van der Waals surface area contributed by atoms with E-state index in [1.807, 2.05) is 42.5 Å². The summed E-state index contributed by atoms with van der Waals surface area (Å²) in [5, 5.41) is 9.44. The van der Waals surface area contributed by atoms with Gasteiger partial charge in [-0.3, -0.25) is 0 Å². The Hall–Kier alpha value is -2.45. The summed E-state index contributed by atoms with van der Waals surface area (Å²) in [5.41, 5.74) is -5.15. The second-order valence-electron chi connectivity index (χ2n) is 6.22. The summed E-state index contributed by atoms with van der Waals surface area (Å²) in [5.74, 6) is 0. The summed E-state index contributed by atoms with van der Waals surface area (Å²) in [6.07, 6.45) is -11.8. The Morgan fingerprint density at radius 2 is 0.966 bits per heavy atom. The molecular formula is C21H14F6OS. The molecule has 29 heavy (non-hydrogen) atoms. The van der Waals surface area contributed by atoms with Gasteiger partial charge in [0.05, 0.1) is 0 Å². The fourth-order valence-electron chi connectivity index (χ4n) is 2.73. The van der Waals surface area contributed by atoms with E-state index in [1.165, 1.54) is 11.8 Å². The van der Waals surface area contributed by atoms with E-state index in [0.717, 1.165) is 21.9 Å². The molecule has 0 fully saturated rings. The average Bonchev–Trinajstić information content (AvgIpc) is 2.67. The summed E-state index contributed by atoms with van der Waals surface area (Å²) >= 11 is 1.52. The number of aliphatic hydroxyl groups is 1. The molecule has 0 atom stereocenters. The highest BCUT2D eigenvalue weighted by Gasteiger charge is 2.71. The van der Waals surface area contributed by atoms with E-state index in [1.54, 1.807) is 12.1 Å². The Morgan fingerprint density at radius 1 is 0.552 bits per heavy atom. The standard InChI is InChI=1S/C21H14F6OS/c22-20(23,24)19(28,21(25,26)27)16-10-6-14(7-11-16)15-8-12-18(13-9-15)29-17-4-2-1-3-5-17/h1-13,28H. The zero-order valence-electron chi connectivity index (χ0n) is 14.6. The fourth-order valence-corrected chi connectivity index (χ4v) is 3.57. The third-order valence-corrected chi connectivity index (χ3v) is 5.31. The van der Waals surface area contributed by atoms with Crippen molar-refractivity contribution in [3.05, 3.63) is 84.4 Å². The van der Waals surface area contributed by atoms with Crippen molar-refractivity contribution in [3.63, 3.8) is 0 Å². The lowest BCUT2D eigenvalue weighted by atomic mass is 9.91. The van der Waals surface area contributed by atoms with Crippen LogP contribution in [-0.4, -0.2) is 17.5 Å². The van der Waals surface area contributed by atoms with Crippen LogP contribution in [0.15, 0.2) is 88.7 Å². The van der Waals surface area contributed by atoms with Gasteiger partial charge in [0, 0.05) is 15.4 Å². The van der Waals surface area contributed by atoms with Gasteiger partial charge in [-0.15, -0.1) is 0 Å². The minimum Gasteiger partial charge on any atom is -0.369 e. The molecule has 0 spiro atoms. The summed E-state index contributed by atoms with van der Waals surface area (Å²) in [6, 6.07) is 20.2. The molecule has 0 radical (unpaired) electrons. The molecule has 0 aliphatic heterocycles. The van der Waals surface area contributed by atoms with E-state index in [9.17, 15) is 31.4 Å². The molecule has 1 N–H and O–H groups in total. The second kappa shape index (κ2) is 7.76. The van der Waals surface area contributed by atoms with Crippen molar-refractivity contribution in [2.75, 3.05) is 0 Å². The molecule has 0 aromatic heterocycles. The molecule has 0 aliphatic rings. The SMILES string of the molecule is OC(c1ccc(-c2ccc(Sc3ccccc3)cc2)cc1)(C(F)(F)F)C(F)(F)F. The summed E-state index contributed by atoms with van der Waals surface area (Å²) in [7, 11) is 0. The van der Waals surface area contributed by atoms with Crippen LogP contribution in [0, 0.1) is 0 Å². The molecule has 0 saturated carbocycles. The fraction of sp³-hybridized carbons (Fsp3) is 0.143.